The van der Waals surface area contributed by atoms with Gasteiger partial charge in [-0.25, -0.2) is 0 Å². The first kappa shape index (κ1) is 12.5. The van der Waals surface area contributed by atoms with Gasteiger partial charge >= 0.3 is 5.97 Å². The van der Waals surface area contributed by atoms with Crippen molar-refractivity contribution in [1.82, 2.24) is 15.0 Å². The van der Waals surface area contributed by atoms with E-state index >= 15 is 0 Å². The molecule has 2 rings (SSSR count). The zero-order valence-corrected chi connectivity index (χ0v) is 9.70. The van der Waals surface area contributed by atoms with E-state index in [1.54, 1.807) is 0 Å². The fourth-order valence-electron chi connectivity index (χ4n) is 1.61. The SMILES string of the molecule is NC(=O)CN(CC(=O)O)Cc1noc(C2CC2)n1. The Morgan fingerprint density at radius 3 is 2.72 bits per heavy atom. The third-order valence-corrected chi connectivity index (χ3v) is 2.51. The molecule has 1 aliphatic carbocycles. The molecule has 1 heterocycles. The highest BCUT2D eigenvalue weighted by Gasteiger charge is 2.29. The van der Waals surface area contributed by atoms with E-state index in [1.165, 1.54) is 4.90 Å². The molecule has 1 amide bonds. The number of rotatable bonds is 7. The number of carboxylic acid groups (broad SMARTS) is 1. The number of hydrogen-bond donors (Lipinski definition) is 2. The first-order chi connectivity index (χ1) is 8.54. The Kier molecular flexibility index (Phi) is 3.56. The molecule has 98 valence electrons. The number of carbonyl (C=O) groups excluding carboxylic acids is 1. The van der Waals surface area contributed by atoms with Crippen LogP contribution in [0.15, 0.2) is 4.52 Å². The van der Waals surface area contributed by atoms with Crippen molar-refractivity contribution in [2.75, 3.05) is 13.1 Å². The summed E-state index contributed by atoms with van der Waals surface area (Å²) in [6.45, 7) is -0.318. The van der Waals surface area contributed by atoms with Crippen molar-refractivity contribution in [2.24, 2.45) is 5.73 Å². The number of aliphatic carboxylic acids is 1. The molecule has 3 N–H and O–H groups in total. The normalized spacial score (nSPS) is 14.9. The van der Waals surface area contributed by atoms with Crippen molar-refractivity contribution < 1.29 is 19.2 Å². The highest BCUT2D eigenvalue weighted by molar-refractivity contribution is 5.77. The minimum atomic E-state index is -1.04. The summed E-state index contributed by atoms with van der Waals surface area (Å²) in [4.78, 5) is 27.0. The Labute approximate surface area is 103 Å². The second-order valence-electron chi connectivity index (χ2n) is 4.33. The van der Waals surface area contributed by atoms with E-state index in [0.717, 1.165) is 12.8 Å². The van der Waals surface area contributed by atoms with E-state index in [-0.39, 0.29) is 19.6 Å². The molecule has 8 heteroatoms. The third-order valence-electron chi connectivity index (χ3n) is 2.51. The molecule has 0 aliphatic heterocycles. The van der Waals surface area contributed by atoms with Gasteiger partial charge in [-0.2, -0.15) is 4.98 Å². The van der Waals surface area contributed by atoms with Crippen molar-refractivity contribution in [1.29, 1.82) is 0 Å². The van der Waals surface area contributed by atoms with E-state index in [0.29, 0.717) is 17.6 Å². The van der Waals surface area contributed by atoms with Crippen molar-refractivity contribution >= 4 is 11.9 Å². The molecule has 0 saturated heterocycles. The number of amides is 1. The summed E-state index contributed by atoms with van der Waals surface area (Å²) in [5, 5.41) is 12.5. The van der Waals surface area contributed by atoms with Gasteiger partial charge in [-0.15, -0.1) is 0 Å². The summed E-state index contributed by atoms with van der Waals surface area (Å²) in [6, 6.07) is 0. The molecular weight excluding hydrogens is 240 g/mol. The molecule has 0 radical (unpaired) electrons. The second kappa shape index (κ2) is 5.13. The van der Waals surface area contributed by atoms with Gasteiger partial charge < -0.3 is 15.4 Å². The van der Waals surface area contributed by atoms with E-state index in [9.17, 15) is 9.59 Å². The fourth-order valence-corrected chi connectivity index (χ4v) is 1.61. The number of primary amides is 1. The lowest BCUT2D eigenvalue weighted by Gasteiger charge is -2.15. The van der Waals surface area contributed by atoms with Crippen LogP contribution in [0.25, 0.3) is 0 Å². The number of carboxylic acids is 1. The number of hydrogen-bond acceptors (Lipinski definition) is 6. The van der Waals surface area contributed by atoms with Crippen LogP contribution < -0.4 is 5.73 Å². The molecule has 0 atom stereocenters. The maximum absolute atomic E-state index is 10.8. The molecule has 0 unspecified atom stereocenters. The van der Waals surface area contributed by atoms with Crippen LogP contribution in [0, 0.1) is 0 Å². The number of nitrogens with two attached hydrogens (primary N) is 1. The quantitative estimate of drug-likeness (QED) is 0.660. The maximum atomic E-state index is 10.8. The standard InChI is InChI=1S/C10H14N4O4/c11-7(15)3-14(5-9(16)17)4-8-12-10(18-13-8)6-1-2-6/h6H,1-5H2,(H2,11,15)(H,16,17). The van der Waals surface area contributed by atoms with Gasteiger partial charge in [0, 0.05) is 5.92 Å². The summed E-state index contributed by atoms with van der Waals surface area (Å²) >= 11 is 0. The Morgan fingerprint density at radius 2 is 2.17 bits per heavy atom. The molecule has 0 aromatic carbocycles. The minimum Gasteiger partial charge on any atom is -0.480 e. The number of nitrogens with zero attached hydrogens (tertiary/aromatic N) is 3. The Bertz CT molecular complexity index is 438. The summed E-state index contributed by atoms with van der Waals surface area (Å²) in [5.74, 6) is -0.335. The van der Waals surface area contributed by atoms with E-state index in [1.807, 2.05) is 0 Å². The van der Waals surface area contributed by atoms with Gasteiger partial charge in [0.15, 0.2) is 5.82 Å². The molecule has 1 aromatic heterocycles. The molecule has 0 bridgehead atoms. The molecule has 1 fully saturated rings. The van der Waals surface area contributed by atoms with Crippen molar-refractivity contribution in [3.8, 4) is 0 Å². The van der Waals surface area contributed by atoms with Crippen LogP contribution in [-0.4, -0.2) is 45.1 Å². The molecular formula is C10H14N4O4. The highest BCUT2D eigenvalue weighted by atomic mass is 16.5. The van der Waals surface area contributed by atoms with Crippen LogP contribution in [0.1, 0.15) is 30.5 Å². The largest absolute Gasteiger partial charge is 0.480 e. The average Bonchev–Trinajstić information content (AvgIpc) is 2.98. The van der Waals surface area contributed by atoms with Gasteiger partial charge in [-0.05, 0) is 12.8 Å². The third kappa shape index (κ3) is 3.52. The smallest absolute Gasteiger partial charge is 0.317 e. The van der Waals surface area contributed by atoms with Crippen molar-refractivity contribution in [2.45, 2.75) is 25.3 Å². The highest BCUT2D eigenvalue weighted by Crippen LogP contribution is 2.38. The Balaban J connectivity index is 1.96. The van der Waals surface area contributed by atoms with Crippen LogP contribution in [0.2, 0.25) is 0 Å². The van der Waals surface area contributed by atoms with E-state index in [2.05, 4.69) is 10.1 Å². The molecule has 1 saturated carbocycles. The summed E-state index contributed by atoms with van der Waals surface area (Å²) < 4.78 is 5.05. The zero-order chi connectivity index (χ0) is 13.1. The van der Waals surface area contributed by atoms with Crippen molar-refractivity contribution in [3.05, 3.63) is 11.7 Å². The predicted molar refractivity (Wildman–Crippen MR) is 58.4 cm³/mol. The lowest BCUT2D eigenvalue weighted by atomic mass is 10.4. The maximum Gasteiger partial charge on any atom is 0.317 e. The van der Waals surface area contributed by atoms with Gasteiger partial charge in [0.2, 0.25) is 11.8 Å². The molecule has 8 nitrogen and oxygen atoms in total. The number of aromatic nitrogens is 2. The predicted octanol–water partition coefficient (Wildman–Crippen LogP) is -0.681. The van der Waals surface area contributed by atoms with E-state index < -0.39 is 11.9 Å². The Morgan fingerprint density at radius 1 is 1.44 bits per heavy atom. The van der Waals surface area contributed by atoms with Crippen LogP contribution in [0.3, 0.4) is 0 Å². The van der Waals surface area contributed by atoms with Gasteiger partial charge in [0.25, 0.3) is 0 Å². The summed E-state index contributed by atoms with van der Waals surface area (Å²) in [6.07, 6.45) is 2.09. The molecule has 1 aliphatic rings. The lowest BCUT2D eigenvalue weighted by molar-refractivity contribution is -0.138. The van der Waals surface area contributed by atoms with Crippen LogP contribution >= 0.6 is 0 Å². The van der Waals surface area contributed by atoms with Crippen LogP contribution in [0.5, 0.6) is 0 Å². The molecule has 1 aromatic rings. The molecule has 18 heavy (non-hydrogen) atoms. The topological polar surface area (TPSA) is 123 Å². The molecule has 0 spiro atoms. The lowest BCUT2D eigenvalue weighted by Crippen LogP contribution is -2.37. The monoisotopic (exact) mass is 254 g/mol. The van der Waals surface area contributed by atoms with Crippen molar-refractivity contribution in [3.63, 3.8) is 0 Å². The van der Waals surface area contributed by atoms with Gasteiger partial charge in [0.05, 0.1) is 19.6 Å². The first-order valence-corrected chi connectivity index (χ1v) is 5.59. The fraction of sp³-hybridized carbons (Fsp3) is 0.600. The average molecular weight is 254 g/mol. The zero-order valence-electron chi connectivity index (χ0n) is 9.70. The van der Waals surface area contributed by atoms with E-state index in [4.69, 9.17) is 15.4 Å². The summed E-state index contributed by atoms with van der Waals surface area (Å²) in [5.41, 5.74) is 5.05. The Hall–Kier alpha value is -1.96. The van der Waals surface area contributed by atoms with Crippen LogP contribution in [-0.2, 0) is 16.1 Å². The number of carbonyl (C=O) groups is 2. The minimum absolute atomic E-state index is 0.130. The van der Waals surface area contributed by atoms with Gasteiger partial charge in [-0.1, -0.05) is 5.16 Å². The van der Waals surface area contributed by atoms with Gasteiger partial charge in [-0.3, -0.25) is 14.5 Å². The summed E-state index contributed by atoms with van der Waals surface area (Å²) in [7, 11) is 0. The van der Waals surface area contributed by atoms with Crippen LogP contribution in [0.4, 0.5) is 0 Å². The van der Waals surface area contributed by atoms with Gasteiger partial charge in [0.1, 0.15) is 0 Å². The first-order valence-electron chi connectivity index (χ1n) is 5.59. The second-order valence-corrected chi connectivity index (χ2v) is 4.33.